The van der Waals surface area contributed by atoms with Gasteiger partial charge in [0, 0.05) is 18.9 Å². The van der Waals surface area contributed by atoms with Gasteiger partial charge < -0.3 is 5.73 Å². The van der Waals surface area contributed by atoms with Crippen molar-refractivity contribution in [1.29, 1.82) is 0 Å². The number of unbranched alkanes of at least 4 members (excludes halogenated alkanes) is 1. The molecule has 0 spiro atoms. The van der Waals surface area contributed by atoms with Crippen LogP contribution in [0.15, 0.2) is 36.7 Å². The van der Waals surface area contributed by atoms with Crippen LogP contribution in [0.3, 0.4) is 0 Å². The van der Waals surface area contributed by atoms with Gasteiger partial charge in [-0.1, -0.05) is 12.1 Å². The Labute approximate surface area is 145 Å². The van der Waals surface area contributed by atoms with Crippen molar-refractivity contribution in [3.05, 3.63) is 59.2 Å². The molecule has 2 aromatic rings. The second-order valence-electron chi connectivity index (χ2n) is 6.69. The largest absolute Gasteiger partial charge is 0.330 e. The maximum atomic E-state index is 5.70. The summed E-state index contributed by atoms with van der Waals surface area (Å²) in [6.45, 7) is 4.84. The number of nitrogens with two attached hydrogens (primary N) is 1. The third-order valence-corrected chi connectivity index (χ3v) is 4.98. The Morgan fingerprint density at radius 2 is 2.00 bits per heavy atom. The first kappa shape index (κ1) is 17.1. The fraction of sp³-hybridized carbons (Fsp3) is 0.500. The number of hydrogen-bond acceptors (Lipinski definition) is 4. The van der Waals surface area contributed by atoms with Crippen LogP contribution in [0.1, 0.15) is 54.2 Å². The summed E-state index contributed by atoms with van der Waals surface area (Å²) in [5.41, 5.74) is 10.8. The van der Waals surface area contributed by atoms with E-state index in [1.165, 1.54) is 35.4 Å². The fourth-order valence-electron chi connectivity index (χ4n) is 3.62. The van der Waals surface area contributed by atoms with Gasteiger partial charge in [-0.05, 0) is 75.4 Å². The third kappa shape index (κ3) is 4.00. The predicted octanol–water partition coefficient (Wildman–Crippen LogP) is 3.40. The summed E-state index contributed by atoms with van der Waals surface area (Å²) in [6.07, 6.45) is 9.59. The molecule has 0 saturated heterocycles. The number of nitrogens with zero attached hydrogens (tertiary/aromatic N) is 3. The molecule has 1 aliphatic carbocycles. The summed E-state index contributed by atoms with van der Waals surface area (Å²) < 4.78 is 0. The summed E-state index contributed by atoms with van der Waals surface area (Å²) in [6, 6.07) is 8.85. The number of aromatic nitrogens is 2. The van der Waals surface area contributed by atoms with E-state index in [-0.39, 0.29) is 0 Å². The van der Waals surface area contributed by atoms with Gasteiger partial charge in [0.25, 0.3) is 0 Å². The summed E-state index contributed by atoms with van der Waals surface area (Å²) in [5, 5.41) is 0. The van der Waals surface area contributed by atoms with Crippen molar-refractivity contribution in [2.45, 2.75) is 51.6 Å². The van der Waals surface area contributed by atoms with Crippen molar-refractivity contribution in [3.63, 3.8) is 0 Å². The van der Waals surface area contributed by atoms with Crippen molar-refractivity contribution >= 4 is 0 Å². The van der Waals surface area contributed by atoms with E-state index in [1.54, 1.807) is 0 Å². The first-order valence-electron chi connectivity index (χ1n) is 9.08. The highest BCUT2D eigenvalue weighted by Crippen LogP contribution is 2.33. The van der Waals surface area contributed by atoms with Crippen molar-refractivity contribution in [3.8, 4) is 0 Å². The lowest BCUT2D eigenvalue weighted by Crippen LogP contribution is -2.33. The van der Waals surface area contributed by atoms with Crippen molar-refractivity contribution < 1.29 is 0 Å². The average molecular weight is 324 g/mol. The Morgan fingerprint density at radius 1 is 1.17 bits per heavy atom. The molecule has 0 aliphatic heterocycles. The van der Waals surface area contributed by atoms with Crippen LogP contribution in [-0.4, -0.2) is 28.0 Å². The first-order valence-corrected chi connectivity index (χ1v) is 9.08. The Bertz CT molecular complexity index is 656. The molecule has 0 bridgehead atoms. The first-order chi connectivity index (χ1) is 11.8. The molecular weight excluding hydrogens is 296 g/mol. The molecule has 1 unspecified atom stereocenters. The van der Waals surface area contributed by atoms with E-state index in [4.69, 9.17) is 10.7 Å². The molecule has 24 heavy (non-hydrogen) atoms. The third-order valence-electron chi connectivity index (χ3n) is 4.98. The zero-order valence-corrected chi connectivity index (χ0v) is 14.6. The highest BCUT2D eigenvalue weighted by molar-refractivity contribution is 5.26. The molecule has 3 rings (SSSR count). The highest BCUT2D eigenvalue weighted by atomic mass is 15.2. The molecule has 0 saturated carbocycles. The minimum atomic E-state index is 0.397. The summed E-state index contributed by atoms with van der Waals surface area (Å²) >= 11 is 0. The molecule has 4 heteroatoms. The maximum Gasteiger partial charge on any atom is 0.0607 e. The molecule has 0 aromatic carbocycles. The van der Waals surface area contributed by atoms with E-state index in [0.717, 1.165) is 38.9 Å². The molecular formula is C20H28N4. The minimum absolute atomic E-state index is 0.397. The summed E-state index contributed by atoms with van der Waals surface area (Å²) in [4.78, 5) is 11.9. The van der Waals surface area contributed by atoms with E-state index in [9.17, 15) is 0 Å². The molecule has 0 fully saturated rings. The van der Waals surface area contributed by atoms with Crippen molar-refractivity contribution in [1.82, 2.24) is 14.9 Å². The van der Waals surface area contributed by atoms with Gasteiger partial charge >= 0.3 is 0 Å². The number of fused-ring (bicyclic) bond motifs is 1. The fourth-order valence-corrected chi connectivity index (χ4v) is 3.62. The van der Waals surface area contributed by atoms with E-state index >= 15 is 0 Å². The molecule has 128 valence electrons. The van der Waals surface area contributed by atoms with Gasteiger partial charge in [-0.2, -0.15) is 0 Å². The molecule has 4 nitrogen and oxygen atoms in total. The molecule has 0 radical (unpaired) electrons. The SMILES string of the molecule is Cc1cccnc1CN(CCCCN)C1CCCc2cccnc21. The van der Waals surface area contributed by atoms with E-state index in [2.05, 4.69) is 35.0 Å². The van der Waals surface area contributed by atoms with Gasteiger partial charge in [0.15, 0.2) is 0 Å². The predicted molar refractivity (Wildman–Crippen MR) is 97.6 cm³/mol. The number of aryl methyl sites for hydroxylation is 2. The van der Waals surface area contributed by atoms with Crippen LogP contribution in [0.2, 0.25) is 0 Å². The lowest BCUT2D eigenvalue weighted by atomic mass is 9.90. The van der Waals surface area contributed by atoms with Gasteiger partial charge in [0.2, 0.25) is 0 Å². The maximum absolute atomic E-state index is 5.70. The standard InChI is InChI=1S/C20H28N4/c1-16-7-5-12-22-18(16)15-24(14-3-2-11-21)19-10-4-8-17-9-6-13-23-20(17)19/h5-7,9,12-13,19H,2-4,8,10-11,14-15,21H2,1H3. The quantitative estimate of drug-likeness (QED) is 0.793. The zero-order valence-electron chi connectivity index (χ0n) is 14.6. The Balaban J connectivity index is 1.83. The lowest BCUT2D eigenvalue weighted by molar-refractivity contribution is 0.161. The second kappa shape index (κ2) is 8.36. The van der Waals surface area contributed by atoms with Crippen LogP contribution in [0.4, 0.5) is 0 Å². The van der Waals surface area contributed by atoms with Gasteiger partial charge in [-0.3, -0.25) is 14.9 Å². The van der Waals surface area contributed by atoms with E-state index < -0.39 is 0 Å². The lowest BCUT2D eigenvalue weighted by Gasteiger charge is -2.35. The Kier molecular flexibility index (Phi) is 5.94. The molecule has 1 aliphatic rings. The summed E-state index contributed by atoms with van der Waals surface area (Å²) in [7, 11) is 0. The summed E-state index contributed by atoms with van der Waals surface area (Å²) in [5.74, 6) is 0. The second-order valence-corrected chi connectivity index (χ2v) is 6.69. The van der Waals surface area contributed by atoms with Gasteiger partial charge in [0.05, 0.1) is 17.4 Å². The molecule has 1 atom stereocenters. The van der Waals surface area contributed by atoms with Crippen LogP contribution in [0.25, 0.3) is 0 Å². The normalized spacial score (nSPS) is 17.0. The van der Waals surface area contributed by atoms with E-state index in [1.807, 2.05) is 18.5 Å². The number of hydrogen-bond donors (Lipinski definition) is 1. The molecule has 2 aromatic heterocycles. The smallest absolute Gasteiger partial charge is 0.0607 e. The van der Waals surface area contributed by atoms with Crippen molar-refractivity contribution in [2.75, 3.05) is 13.1 Å². The number of pyridine rings is 2. The van der Waals surface area contributed by atoms with Crippen LogP contribution in [-0.2, 0) is 13.0 Å². The topological polar surface area (TPSA) is 55.0 Å². The van der Waals surface area contributed by atoms with E-state index in [0.29, 0.717) is 6.04 Å². The van der Waals surface area contributed by atoms with Gasteiger partial charge in [0.1, 0.15) is 0 Å². The van der Waals surface area contributed by atoms with Gasteiger partial charge in [-0.15, -0.1) is 0 Å². The molecule has 0 amide bonds. The molecule has 2 heterocycles. The van der Waals surface area contributed by atoms with Crippen LogP contribution >= 0.6 is 0 Å². The van der Waals surface area contributed by atoms with Crippen LogP contribution < -0.4 is 5.73 Å². The zero-order chi connectivity index (χ0) is 16.8. The highest BCUT2D eigenvalue weighted by Gasteiger charge is 2.27. The number of rotatable bonds is 7. The van der Waals surface area contributed by atoms with Crippen LogP contribution in [0.5, 0.6) is 0 Å². The van der Waals surface area contributed by atoms with Crippen LogP contribution in [0, 0.1) is 6.92 Å². The van der Waals surface area contributed by atoms with Crippen molar-refractivity contribution in [2.24, 2.45) is 5.73 Å². The Morgan fingerprint density at radius 3 is 2.83 bits per heavy atom. The molecule has 2 N–H and O–H groups in total. The average Bonchev–Trinajstić information content (AvgIpc) is 2.62. The monoisotopic (exact) mass is 324 g/mol. The van der Waals surface area contributed by atoms with Gasteiger partial charge in [-0.25, -0.2) is 0 Å². The minimum Gasteiger partial charge on any atom is -0.330 e. The Hall–Kier alpha value is -1.78.